The van der Waals surface area contributed by atoms with E-state index in [4.69, 9.17) is 0 Å². The minimum absolute atomic E-state index is 0. The Morgan fingerprint density at radius 3 is 2.48 bits per heavy atom. The van der Waals surface area contributed by atoms with E-state index in [0.717, 1.165) is 6.07 Å². The monoisotopic (exact) mass is 378 g/mol. The van der Waals surface area contributed by atoms with Crippen LogP contribution in [0, 0.1) is 0 Å². The molecule has 23 heavy (non-hydrogen) atoms. The first kappa shape index (κ1) is 21.4. The number of rotatable bonds is 4. The molecule has 0 saturated heterocycles. The normalized spacial score (nSPS) is 11.4. The maximum Gasteiger partial charge on any atom is 1.00 e. The summed E-state index contributed by atoms with van der Waals surface area (Å²) in [5.74, 6) is 0. The fourth-order valence-electron chi connectivity index (χ4n) is 2.06. The molecule has 0 saturated carbocycles. The number of hydrogen-bond acceptors (Lipinski definition) is 7. The van der Waals surface area contributed by atoms with E-state index in [9.17, 15) is 22.7 Å². The summed E-state index contributed by atoms with van der Waals surface area (Å²) < 4.78 is 51.3. The van der Waals surface area contributed by atoms with Crippen LogP contribution in [0.3, 0.4) is 0 Å². The van der Waals surface area contributed by atoms with Crippen molar-refractivity contribution in [3.63, 3.8) is 0 Å². The smallest absolute Gasteiger partial charge is 0.744 e. The van der Waals surface area contributed by atoms with Crippen molar-refractivity contribution in [2.24, 2.45) is 0 Å². The van der Waals surface area contributed by atoms with Crippen molar-refractivity contribution in [2.45, 2.75) is 9.79 Å². The molecule has 1 heterocycles. The van der Waals surface area contributed by atoms with Crippen LogP contribution in [-0.2, 0) is 19.5 Å². The number of fused-ring (bicyclic) bond motifs is 3. The first-order valence-electron chi connectivity index (χ1n) is 5.34. The molecular weight excluding hydrogens is 373 g/mol. The molecule has 0 bridgehead atoms. The minimum Gasteiger partial charge on any atom is -0.744 e. The molecule has 13 heteroatoms. The van der Waals surface area contributed by atoms with Gasteiger partial charge >= 0.3 is 59.1 Å². The van der Waals surface area contributed by atoms with E-state index >= 15 is 0 Å². The van der Waals surface area contributed by atoms with Gasteiger partial charge in [-0.15, -0.1) is 4.90 Å². The molecule has 0 aliphatic heterocycles. The van der Waals surface area contributed by atoms with Crippen molar-refractivity contribution in [3.05, 3.63) is 24.3 Å². The van der Waals surface area contributed by atoms with Crippen molar-refractivity contribution < 1.29 is 91.2 Å². The zero-order chi connectivity index (χ0) is 15.2. The Hall–Kier alpha value is 0.370. The fraction of sp³-hybridized carbons (Fsp3) is 0. The Labute approximate surface area is 177 Å². The summed E-state index contributed by atoms with van der Waals surface area (Å²) in [7, 11) is -4.77. The van der Waals surface area contributed by atoms with Gasteiger partial charge in [0.25, 0.3) is 0 Å². The third-order valence-electron chi connectivity index (χ3n) is 2.90. The Morgan fingerprint density at radius 2 is 1.91 bits per heavy atom. The zero-order valence-corrected chi connectivity index (χ0v) is 17.5. The Morgan fingerprint density at radius 1 is 1.22 bits per heavy atom. The van der Waals surface area contributed by atoms with Gasteiger partial charge in [-0.2, -0.15) is 4.33 Å². The number of aromatic nitrogens is 2. The predicted octanol–water partition coefficient (Wildman–Crippen LogP) is -5.00. The molecule has 0 radical (unpaired) electrons. The summed E-state index contributed by atoms with van der Waals surface area (Å²) in [4.78, 5) is -0.115. The summed E-state index contributed by atoms with van der Waals surface area (Å²) in [6.45, 7) is 0. The van der Waals surface area contributed by atoms with Crippen LogP contribution < -0.4 is 64.4 Å². The number of halogens is 1. The number of H-pyrrole nitrogens is 1. The van der Waals surface area contributed by atoms with Crippen LogP contribution in [0.1, 0.15) is 0 Å². The van der Waals surface area contributed by atoms with Crippen molar-refractivity contribution in [3.8, 4) is 0 Å². The molecule has 1 N–H and O–H groups in total. The third-order valence-corrected chi connectivity index (χ3v) is 4.33. The average molecular weight is 378 g/mol. The maximum absolute atomic E-state index is 13.1. The van der Waals surface area contributed by atoms with Crippen LogP contribution in [0.25, 0.3) is 21.8 Å². The molecule has 0 spiro atoms. The van der Waals surface area contributed by atoms with E-state index in [2.05, 4.69) is 14.5 Å². The summed E-state index contributed by atoms with van der Waals surface area (Å²) >= 11 is 0.432. The van der Waals surface area contributed by atoms with Gasteiger partial charge in [0.1, 0.15) is 15.6 Å². The Bertz CT molecular complexity index is 942. The van der Waals surface area contributed by atoms with Crippen molar-refractivity contribution in [2.75, 3.05) is 0 Å². The summed E-state index contributed by atoms with van der Waals surface area (Å²) in [6.07, 6.45) is 0. The van der Waals surface area contributed by atoms with Crippen LogP contribution in [0.5, 0.6) is 0 Å². The summed E-state index contributed by atoms with van der Waals surface area (Å²) in [6, 6.07) is 5.15. The van der Waals surface area contributed by atoms with Crippen LogP contribution in [0.4, 0.5) is 4.48 Å². The quantitative estimate of drug-likeness (QED) is 0.159. The van der Waals surface area contributed by atoms with Crippen LogP contribution in [0.15, 0.2) is 34.1 Å². The van der Waals surface area contributed by atoms with Crippen LogP contribution >= 0.6 is 12.0 Å². The molecule has 3 rings (SSSR count). The molecule has 1 aromatic heterocycles. The van der Waals surface area contributed by atoms with E-state index < -0.39 is 15.0 Å². The second kappa shape index (κ2) is 8.17. The molecular formula is C10H5FN2Na2O6S2. The Kier molecular flexibility index (Phi) is 7.60. The van der Waals surface area contributed by atoms with Gasteiger partial charge < -0.3 is 9.81 Å². The molecule has 0 aliphatic rings. The van der Waals surface area contributed by atoms with Crippen LogP contribution in [-0.4, -0.2) is 23.0 Å². The number of nitrogens with one attached hydrogen (secondary N) is 1. The molecule has 2 aromatic carbocycles. The van der Waals surface area contributed by atoms with E-state index in [1.54, 1.807) is 0 Å². The molecule has 112 valence electrons. The van der Waals surface area contributed by atoms with Gasteiger partial charge in [-0.3, -0.25) is 10.1 Å². The molecule has 0 amide bonds. The molecule has 0 fully saturated rings. The third kappa shape index (κ3) is 4.14. The fourth-order valence-corrected chi connectivity index (χ4v) is 3.29. The number of nitrogens with zero attached hydrogens (tertiary/aromatic N) is 1. The second-order valence-electron chi connectivity index (χ2n) is 4.04. The van der Waals surface area contributed by atoms with Gasteiger partial charge in [-0.1, -0.05) is 10.5 Å². The predicted molar refractivity (Wildman–Crippen MR) is 66.3 cm³/mol. The number of aromatic amines is 1. The molecule has 3 aromatic rings. The van der Waals surface area contributed by atoms with Gasteiger partial charge in [0.15, 0.2) is 0 Å². The van der Waals surface area contributed by atoms with Gasteiger partial charge in [-0.25, -0.2) is 8.42 Å². The zero-order valence-electron chi connectivity index (χ0n) is 11.9. The maximum atomic E-state index is 13.1. The van der Waals surface area contributed by atoms with E-state index in [-0.39, 0.29) is 79.8 Å². The first-order chi connectivity index (χ1) is 9.91. The van der Waals surface area contributed by atoms with Crippen molar-refractivity contribution >= 4 is 44.0 Å². The average Bonchev–Trinajstić information content (AvgIpc) is 2.41. The van der Waals surface area contributed by atoms with Crippen molar-refractivity contribution in [1.82, 2.24) is 10.0 Å². The summed E-state index contributed by atoms with van der Waals surface area (Å²) in [5, 5.41) is 15.8. The van der Waals surface area contributed by atoms with Crippen LogP contribution in [0.2, 0.25) is 0 Å². The van der Waals surface area contributed by atoms with Gasteiger partial charge in [0.2, 0.25) is 0 Å². The minimum atomic E-state index is -4.77. The van der Waals surface area contributed by atoms with Gasteiger partial charge in [0.05, 0.1) is 22.5 Å². The van der Waals surface area contributed by atoms with E-state index in [1.165, 1.54) is 18.2 Å². The first-order valence-corrected chi connectivity index (χ1v) is 7.49. The number of hydrogen-bond donors (Lipinski definition) is 1. The molecule has 0 unspecified atom stereocenters. The topological polar surface area (TPSA) is 119 Å². The van der Waals surface area contributed by atoms with E-state index in [1.807, 2.05) is 0 Å². The van der Waals surface area contributed by atoms with Gasteiger partial charge in [0, 0.05) is 15.7 Å². The number of benzene rings is 2. The van der Waals surface area contributed by atoms with Gasteiger partial charge in [-0.05, 0) is 18.2 Å². The SMILES string of the molecule is O=S(=O)([O-])c1cc(SOO[O-])cc2c1ccc1c2[nH]n1F.[Na+].[Na+]. The standard InChI is InChI=1S/C10H7FN2O6S2.2Na/c11-13-8-2-1-6-7(10(8)12-13)3-5(20-19-18-14)4-9(6)21(15,16)17;;/h1-4,12,14H,(H,15,16,17);;/q;2*+1/p-2. The van der Waals surface area contributed by atoms with E-state index in [0.29, 0.717) is 22.9 Å². The second-order valence-corrected chi connectivity index (χ2v) is 6.16. The summed E-state index contributed by atoms with van der Waals surface area (Å²) in [5.41, 5.74) is 0.519. The molecule has 0 atom stereocenters. The Balaban J connectivity index is 0.00000132. The van der Waals surface area contributed by atoms with Crippen molar-refractivity contribution in [1.29, 1.82) is 0 Å². The largest absolute Gasteiger partial charge is 1.00 e. The molecule has 0 aliphatic carbocycles. The molecule has 8 nitrogen and oxygen atoms in total.